The van der Waals surface area contributed by atoms with E-state index in [1.807, 2.05) is 50.4 Å². The molecule has 2 fully saturated rings. The average Bonchev–Trinajstić information content (AvgIpc) is 3.23. The summed E-state index contributed by atoms with van der Waals surface area (Å²) in [6.45, 7) is 21.9. The Hall–Kier alpha value is -2.11. The van der Waals surface area contributed by atoms with Crippen LogP contribution in [0.1, 0.15) is 77.5 Å². The van der Waals surface area contributed by atoms with E-state index in [0.717, 1.165) is 49.6 Å². The number of amides is 2. The SMILES string of the molecule is Cc1cn(COCC[Si](C)(C)C)nc1[C@H]1CCCN(C(=O)OC(C)C)[C@H]1COC1CCN(C(=O)OC(C)(C)C)CC1. The highest BCUT2D eigenvalue weighted by molar-refractivity contribution is 6.76. The summed E-state index contributed by atoms with van der Waals surface area (Å²) < 4.78 is 25.5. The number of aromatic nitrogens is 2. The van der Waals surface area contributed by atoms with Gasteiger partial charge in [0.15, 0.2) is 0 Å². The number of aryl methyl sites for hydroxylation is 1. The second-order valence-corrected chi connectivity index (χ2v) is 19.6. The molecule has 0 spiro atoms. The average molecular weight is 595 g/mol. The lowest BCUT2D eigenvalue weighted by molar-refractivity contribution is -0.0407. The molecule has 2 amide bonds. The lowest BCUT2D eigenvalue weighted by Gasteiger charge is -2.41. The fraction of sp³-hybridized carbons (Fsp3) is 0.833. The molecule has 2 aliphatic heterocycles. The van der Waals surface area contributed by atoms with Crippen molar-refractivity contribution < 1.29 is 28.5 Å². The number of rotatable bonds is 10. The van der Waals surface area contributed by atoms with Crippen molar-refractivity contribution in [3.63, 3.8) is 0 Å². The molecule has 0 unspecified atom stereocenters. The van der Waals surface area contributed by atoms with Crippen LogP contribution in [0, 0.1) is 6.92 Å². The van der Waals surface area contributed by atoms with Gasteiger partial charge in [-0.2, -0.15) is 5.10 Å². The summed E-state index contributed by atoms with van der Waals surface area (Å²) in [4.78, 5) is 29.2. The first-order valence-corrected chi connectivity index (χ1v) is 19.0. The molecular weight excluding hydrogens is 540 g/mol. The molecule has 0 radical (unpaired) electrons. The number of hydrogen-bond donors (Lipinski definition) is 0. The van der Waals surface area contributed by atoms with Crippen molar-refractivity contribution in [2.24, 2.45) is 0 Å². The summed E-state index contributed by atoms with van der Waals surface area (Å²) >= 11 is 0. The van der Waals surface area contributed by atoms with Crippen LogP contribution in [0.2, 0.25) is 25.7 Å². The molecule has 0 aliphatic carbocycles. The molecule has 2 saturated heterocycles. The highest BCUT2D eigenvalue weighted by atomic mass is 28.3. The van der Waals surface area contributed by atoms with Gasteiger partial charge in [-0.3, -0.25) is 0 Å². The number of carbonyl (C=O) groups excluding carboxylic acids is 2. The molecule has 2 atom stereocenters. The molecule has 10 nitrogen and oxygen atoms in total. The van der Waals surface area contributed by atoms with Gasteiger partial charge in [0.1, 0.15) is 12.3 Å². The Bertz CT molecular complexity index is 994. The van der Waals surface area contributed by atoms with Gasteiger partial charge >= 0.3 is 12.2 Å². The Morgan fingerprint density at radius 1 is 1.07 bits per heavy atom. The van der Waals surface area contributed by atoms with Crippen LogP contribution in [-0.2, 0) is 25.7 Å². The maximum Gasteiger partial charge on any atom is 0.410 e. The first kappa shape index (κ1) is 33.4. The van der Waals surface area contributed by atoms with Crippen molar-refractivity contribution in [3.8, 4) is 0 Å². The second kappa shape index (κ2) is 14.4. The van der Waals surface area contributed by atoms with Crippen LogP contribution in [0.25, 0.3) is 0 Å². The molecule has 0 N–H and O–H groups in total. The van der Waals surface area contributed by atoms with Crippen LogP contribution in [0.3, 0.4) is 0 Å². The van der Waals surface area contributed by atoms with Gasteiger partial charge in [-0.25, -0.2) is 14.3 Å². The Morgan fingerprint density at radius 3 is 2.37 bits per heavy atom. The summed E-state index contributed by atoms with van der Waals surface area (Å²) in [6.07, 6.45) is 4.54. The molecule has 41 heavy (non-hydrogen) atoms. The van der Waals surface area contributed by atoms with Crippen molar-refractivity contribution in [1.82, 2.24) is 19.6 Å². The third-order valence-electron chi connectivity index (χ3n) is 7.50. The van der Waals surface area contributed by atoms with E-state index in [1.54, 1.807) is 4.90 Å². The zero-order chi connectivity index (χ0) is 30.4. The van der Waals surface area contributed by atoms with Gasteiger partial charge in [-0.05, 0) is 78.8 Å². The van der Waals surface area contributed by atoms with E-state index in [4.69, 9.17) is 24.0 Å². The van der Waals surface area contributed by atoms with Gasteiger partial charge in [0.25, 0.3) is 0 Å². The molecule has 234 valence electrons. The lowest BCUT2D eigenvalue weighted by atomic mass is 9.85. The smallest absolute Gasteiger partial charge is 0.410 e. The predicted octanol–water partition coefficient (Wildman–Crippen LogP) is 6.01. The minimum Gasteiger partial charge on any atom is -0.447 e. The van der Waals surface area contributed by atoms with E-state index in [2.05, 4.69) is 26.6 Å². The van der Waals surface area contributed by atoms with Gasteiger partial charge in [0, 0.05) is 46.4 Å². The summed E-state index contributed by atoms with van der Waals surface area (Å²) in [5.74, 6) is 0.0357. The number of nitrogens with zero attached hydrogens (tertiary/aromatic N) is 4. The van der Waals surface area contributed by atoms with Crippen LogP contribution in [0.15, 0.2) is 6.20 Å². The number of ether oxygens (including phenoxy) is 4. The number of hydrogen-bond acceptors (Lipinski definition) is 7. The predicted molar refractivity (Wildman–Crippen MR) is 162 cm³/mol. The molecule has 1 aromatic heterocycles. The van der Waals surface area contributed by atoms with Gasteiger partial charge in [0.2, 0.25) is 0 Å². The maximum absolute atomic E-state index is 13.2. The Kier molecular flexibility index (Phi) is 11.7. The highest BCUT2D eigenvalue weighted by Crippen LogP contribution is 2.35. The van der Waals surface area contributed by atoms with E-state index in [0.29, 0.717) is 33.0 Å². The second-order valence-electron chi connectivity index (χ2n) is 14.0. The maximum atomic E-state index is 13.2. The minimum absolute atomic E-state index is 0.0117. The van der Waals surface area contributed by atoms with Crippen LogP contribution in [0.4, 0.5) is 9.59 Å². The third-order valence-corrected chi connectivity index (χ3v) is 9.20. The molecule has 0 bridgehead atoms. The molecule has 0 aromatic carbocycles. The monoisotopic (exact) mass is 594 g/mol. The fourth-order valence-corrected chi connectivity index (χ4v) is 6.11. The topological polar surface area (TPSA) is 95.4 Å². The first-order chi connectivity index (χ1) is 19.1. The van der Waals surface area contributed by atoms with Crippen LogP contribution >= 0.6 is 0 Å². The molecule has 11 heteroatoms. The third kappa shape index (κ3) is 10.6. The van der Waals surface area contributed by atoms with Crippen molar-refractivity contribution in [2.75, 3.05) is 32.8 Å². The van der Waals surface area contributed by atoms with E-state index in [9.17, 15) is 9.59 Å². The number of piperidine rings is 2. The standard InChI is InChI=1S/C30H54N4O6Si/c1-22(2)39-29(36)34-14-10-11-25(27-23(3)19-33(31-27)21-37-17-18-41(7,8)9)26(34)20-38-24-12-15-32(16-13-24)28(35)40-30(4,5)6/h19,22,24-26H,10-18,20-21H2,1-9H3/t25-,26-/m0/s1. The molecular formula is C30H54N4O6Si. The van der Waals surface area contributed by atoms with Crippen LogP contribution in [0.5, 0.6) is 0 Å². The summed E-state index contributed by atoms with van der Waals surface area (Å²) in [7, 11) is -1.15. The number of likely N-dealkylation sites (tertiary alicyclic amines) is 2. The zero-order valence-electron chi connectivity index (χ0n) is 26.9. The Balaban J connectivity index is 1.67. The zero-order valence-corrected chi connectivity index (χ0v) is 27.9. The largest absolute Gasteiger partial charge is 0.447 e. The molecule has 1 aromatic rings. The lowest BCUT2D eigenvalue weighted by Crippen LogP contribution is -2.51. The molecule has 0 saturated carbocycles. The van der Waals surface area contributed by atoms with E-state index < -0.39 is 13.7 Å². The highest BCUT2D eigenvalue weighted by Gasteiger charge is 2.39. The summed E-state index contributed by atoms with van der Waals surface area (Å²) in [5.41, 5.74) is 1.58. The molecule has 3 heterocycles. The molecule has 3 rings (SSSR count). The van der Waals surface area contributed by atoms with Crippen molar-refractivity contribution in [3.05, 3.63) is 17.5 Å². The Labute approximate surface area is 248 Å². The Morgan fingerprint density at radius 2 is 1.76 bits per heavy atom. The number of carbonyl (C=O) groups is 2. The van der Waals surface area contributed by atoms with E-state index in [1.165, 1.54) is 0 Å². The summed E-state index contributed by atoms with van der Waals surface area (Å²) in [5, 5.41) is 4.94. The van der Waals surface area contributed by atoms with E-state index >= 15 is 0 Å². The van der Waals surface area contributed by atoms with Gasteiger partial charge in [-0.15, -0.1) is 0 Å². The van der Waals surface area contributed by atoms with Gasteiger partial charge in [0.05, 0.1) is 30.6 Å². The van der Waals surface area contributed by atoms with Crippen molar-refractivity contribution in [2.45, 2.75) is 129 Å². The van der Waals surface area contributed by atoms with Gasteiger partial charge < -0.3 is 28.7 Å². The first-order valence-electron chi connectivity index (χ1n) is 15.3. The minimum atomic E-state index is -1.15. The van der Waals surface area contributed by atoms with Crippen LogP contribution < -0.4 is 0 Å². The van der Waals surface area contributed by atoms with Crippen molar-refractivity contribution >= 4 is 20.3 Å². The quantitative estimate of drug-likeness (QED) is 0.242. The van der Waals surface area contributed by atoms with Crippen LogP contribution in [-0.4, -0.2) is 96.5 Å². The normalized spacial score (nSPS) is 20.9. The van der Waals surface area contributed by atoms with E-state index in [-0.39, 0.29) is 36.4 Å². The van der Waals surface area contributed by atoms with Gasteiger partial charge in [-0.1, -0.05) is 19.6 Å². The molecule has 2 aliphatic rings. The summed E-state index contributed by atoms with van der Waals surface area (Å²) in [6, 6.07) is 0.930. The van der Waals surface area contributed by atoms with Crippen molar-refractivity contribution in [1.29, 1.82) is 0 Å². The fourth-order valence-electron chi connectivity index (χ4n) is 5.35.